The van der Waals surface area contributed by atoms with E-state index in [1.165, 1.54) is 4.68 Å². The lowest BCUT2D eigenvalue weighted by Crippen LogP contribution is -2.22. The Bertz CT molecular complexity index is 1300. The summed E-state index contributed by atoms with van der Waals surface area (Å²) in [6.45, 7) is -0.776. The Morgan fingerprint density at radius 1 is 1.03 bits per heavy atom. The number of nitrogens with zero attached hydrogens (tertiary/aromatic N) is 4. The molecule has 0 bridgehead atoms. The number of benzene rings is 3. The molecule has 34 heavy (non-hydrogen) atoms. The molecule has 0 spiro atoms. The second-order valence-corrected chi connectivity index (χ2v) is 6.92. The van der Waals surface area contributed by atoms with Crippen LogP contribution in [0.25, 0.3) is 17.1 Å². The van der Waals surface area contributed by atoms with Gasteiger partial charge in [0.2, 0.25) is 0 Å². The number of nitrogens with one attached hydrogen (secondary N) is 1. The average molecular weight is 461 g/mol. The molecule has 0 saturated heterocycles. The zero-order chi connectivity index (χ0) is 24.1. The molecule has 0 aliphatic heterocycles. The molecule has 11 heteroatoms. The number of rotatable bonds is 7. The van der Waals surface area contributed by atoms with E-state index in [0.29, 0.717) is 17.1 Å². The summed E-state index contributed by atoms with van der Waals surface area (Å²) in [7, 11) is 0. The van der Waals surface area contributed by atoms with Crippen molar-refractivity contribution in [2.75, 3.05) is 11.9 Å². The largest absolute Gasteiger partial charge is 0.450 e. The minimum Gasteiger partial charge on any atom is -0.450 e. The third-order valence-corrected chi connectivity index (χ3v) is 4.59. The SMILES string of the molecule is O=C(COC(=O)c1nc(-c2ccccc2)n(-c2ccccc2)n1)Nc1cc([N+](=O)[O-])ccc1F. The average Bonchev–Trinajstić information content (AvgIpc) is 3.30. The number of ether oxygens (including phenoxy) is 1. The normalized spacial score (nSPS) is 10.5. The number of carbonyl (C=O) groups excluding carboxylic acids is 2. The number of carbonyl (C=O) groups is 2. The smallest absolute Gasteiger partial charge is 0.378 e. The number of aromatic nitrogens is 3. The van der Waals surface area contributed by atoms with E-state index in [0.717, 1.165) is 18.2 Å². The summed E-state index contributed by atoms with van der Waals surface area (Å²) in [6.07, 6.45) is 0. The van der Waals surface area contributed by atoms with Crippen molar-refractivity contribution in [3.63, 3.8) is 0 Å². The molecule has 4 rings (SSSR count). The first kappa shape index (κ1) is 22.3. The van der Waals surface area contributed by atoms with Crippen LogP contribution in [0.1, 0.15) is 10.6 Å². The number of esters is 1. The third kappa shape index (κ3) is 4.93. The lowest BCUT2D eigenvalue weighted by atomic mass is 10.2. The van der Waals surface area contributed by atoms with Crippen LogP contribution in [0.15, 0.2) is 78.9 Å². The topological polar surface area (TPSA) is 129 Å². The molecule has 0 fully saturated rings. The van der Waals surface area contributed by atoms with Gasteiger partial charge in [-0.2, -0.15) is 0 Å². The van der Waals surface area contributed by atoms with Gasteiger partial charge in [0.05, 0.1) is 16.3 Å². The number of non-ortho nitro benzene ring substituents is 1. The van der Waals surface area contributed by atoms with Gasteiger partial charge in [-0.3, -0.25) is 14.9 Å². The highest BCUT2D eigenvalue weighted by atomic mass is 19.1. The van der Waals surface area contributed by atoms with E-state index in [2.05, 4.69) is 15.4 Å². The van der Waals surface area contributed by atoms with E-state index < -0.39 is 40.6 Å². The van der Waals surface area contributed by atoms with Gasteiger partial charge in [0.15, 0.2) is 12.4 Å². The number of halogens is 1. The maximum absolute atomic E-state index is 13.9. The lowest BCUT2D eigenvalue weighted by molar-refractivity contribution is -0.384. The number of hydrogen-bond donors (Lipinski definition) is 1. The lowest BCUT2D eigenvalue weighted by Gasteiger charge is -2.06. The van der Waals surface area contributed by atoms with Crippen molar-refractivity contribution in [2.24, 2.45) is 0 Å². The molecular formula is C23H16FN5O5. The van der Waals surface area contributed by atoms with Crippen LogP contribution in [-0.2, 0) is 9.53 Å². The van der Waals surface area contributed by atoms with Gasteiger partial charge in [-0.05, 0) is 18.2 Å². The van der Waals surface area contributed by atoms with Crippen LogP contribution in [0, 0.1) is 15.9 Å². The molecule has 0 saturated carbocycles. The summed E-state index contributed by atoms with van der Waals surface area (Å²) in [5, 5.41) is 17.2. The fraction of sp³-hybridized carbons (Fsp3) is 0.0435. The molecule has 0 aliphatic carbocycles. The van der Waals surface area contributed by atoms with E-state index in [1.807, 2.05) is 24.3 Å². The molecule has 1 N–H and O–H groups in total. The van der Waals surface area contributed by atoms with E-state index in [4.69, 9.17) is 4.74 Å². The Balaban J connectivity index is 1.50. The molecule has 1 heterocycles. The molecule has 1 amide bonds. The predicted octanol–water partition coefficient (Wildman–Crippen LogP) is 3.78. The van der Waals surface area contributed by atoms with Crippen molar-refractivity contribution >= 4 is 23.3 Å². The number of amides is 1. The Morgan fingerprint density at radius 3 is 2.38 bits per heavy atom. The van der Waals surface area contributed by atoms with Gasteiger partial charge in [0.1, 0.15) is 5.82 Å². The molecule has 0 unspecified atom stereocenters. The number of hydrogen-bond acceptors (Lipinski definition) is 7. The van der Waals surface area contributed by atoms with E-state index in [1.54, 1.807) is 36.4 Å². The standard InChI is InChI=1S/C23H16FN5O5/c24-18-12-11-17(29(32)33)13-19(18)25-20(30)14-34-23(31)21-26-22(15-7-3-1-4-8-15)28(27-21)16-9-5-2-6-10-16/h1-13H,14H2,(H,25,30). The second-order valence-electron chi connectivity index (χ2n) is 6.92. The highest BCUT2D eigenvalue weighted by Gasteiger charge is 2.21. The van der Waals surface area contributed by atoms with E-state index >= 15 is 0 Å². The van der Waals surface area contributed by atoms with Gasteiger partial charge in [-0.15, -0.1) is 5.10 Å². The van der Waals surface area contributed by atoms with Crippen molar-refractivity contribution in [3.05, 3.63) is 101 Å². The van der Waals surface area contributed by atoms with Gasteiger partial charge < -0.3 is 10.1 Å². The number of para-hydroxylation sites is 1. The van der Waals surface area contributed by atoms with Crippen molar-refractivity contribution in [2.45, 2.75) is 0 Å². The van der Waals surface area contributed by atoms with Gasteiger partial charge in [0, 0.05) is 17.7 Å². The van der Waals surface area contributed by atoms with Crippen LogP contribution >= 0.6 is 0 Å². The molecule has 0 atom stereocenters. The second kappa shape index (κ2) is 9.69. The van der Waals surface area contributed by atoms with Gasteiger partial charge in [-0.25, -0.2) is 18.9 Å². The Morgan fingerprint density at radius 2 is 1.71 bits per heavy atom. The summed E-state index contributed by atoms with van der Waals surface area (Å²) >= 11 is 0. The maximum atomic E-state index is 13.9. The van der Waals surface area contributed by atoms with Gasteiger partial charge in [0.25, 0.3) is 17.4 Å². The van der Waals surface area contributed by atoms with Crippen molar-refractivity contribution in [1.82, 2.24) is 14.8 Å². The summed E-state index contributed by atoms with van der Waals surface area (Å²) in [5.41, 5.74) is 0.550. The Kier molecular flexibility index (Phi) is 6.35. The quantitative estimate of drug-likeness (QED) is 0.252. The maximum Gasteiger partial charge on any atom is 0.378 e. The summed E-state index contributed by atoms with van der Waals surface area (Å²) in [4.78, 5) is 39.1. The fourth-order valence-corrected chi connectivity index (χ4v) is 3.03. The minimum absolute atomic E-state index is 0.281. The van der Waals surface area contributed by atoms with Crippen molar-refractivity contribution in [3.8, 4) is 17.1 Å². The molecule has 0 aliphatic rings. The highest BCUT2D eigenvalue weighted by molar-refractivity contribution is 5.94. The number of anilines is 1. The Hall–Kier alpha value is -4.93. The molecule has 170 valence electrons. The Labute approximate surface area is 191 Å². The summed E-state index contributed by atoms with van der Waals surface area (Å²) in [6, 6.07) is 20.8. The van der Waals surface area contributed by atoms with Crippen LogP contribution in [0.4, 0.5) is 15.8 Å². The zero-order valence-electron chi connectivity index (χ0n) is 17.4. The first-order chi connectivity index (χ1) is 16.4. The molecule has 1 aromatic heterocycles. The van der Waals surface area contributed by atoms with Gasteiger partial charge >= 0.3 is 5.97 Å². The molecule has 3 aromatic carbocycles. The van der Waals surface area contributed by atoms with Gasteiger partial charge in [-0.1, -0.05) is 48.5 Å². The van der Waals surface area contributed by atoms with Crippen LogP contribution < -0.4 is 5.32 Å². The fourth-order valence-electron chi connectivity index (χ4n) is 3.03. The third-order valence-electron chi connectivity index (χ3n) is 4.59. The van der Waals surface area contributed by atoms with Crippen molar-refractivity contribution in [1.29, 1.82) is 0 Å². The van der Waals surface area contributed by atoms with Crippen LogP contribution in [0.5, 0.6) is 0 Å². The van der Waals surface area contributed by atoms with Crippen molar-refractivity contribution < 1.29 is 23.6 Å². The van der Waals surface area contributed by atoms with E-state index in [9.17, 15) is 24.1 Å². The van der Waals surface area contributed by atoms with Crippen LogP contribution in [-0.4, -0.2) is 38.2 Å². The highest BCUT2D eigenvalue weighted by Crippen LogP contribution is 2.22. The first-order valence-electron chi connectivity index (χ1n) is 9.91. The summed E-state index contributed by atoms with van der Waals surface area (Å²) < 4.78 is 20.3. The first-order valence-corrected chi connectivity index (χ1v) is 9.91. The zero-order valence-corrected chi connectivity index (χ0v) is 17.4. The van der Waals surface area contributed by atoms with Crippen LogP contribution in [0.3, 0.4) is 0 Å². The summed E-state index contributed by atoms with van der Waals surface area (Å²) in [5.74, 6) is -2.62. The molecule has 10 nitrogen and oxygen atoms in total. The molecule has 0 radical (unpaired) electrons. The predicted molar refractivity (Wildman–Crippen MR) is 119 cm³/mol. The molecular weight excluding hydrogens is 445 g/mol. The minimum atomic E-state index is -0.971. The monoisotopic (exact) mass is 461 g/mol. The van der Waals surface area contributed by atoms with E-state index in [-0.39, 0.29) is 5.82 Å². The number of nitro groups is 1. The van der Waals surface area contributed by atoms with Crippen LogP contribution in [0.2, 0.25) is 0 Å². The number of nitro benzene ring substituents is 1. The molecule has 4 aromatic rings.